The predicted molar refractivity (Wildman–Crippen MR) is 141 cm³/mol. The molecule has 0 spiro atoms. The fourth-order valence-electron chi connectivity index (χ4n) is 5.85. The fraction of sp³-hybridized carbons (Fsp3) is 0.375. The SMILES string of the molecule is Cc1csc([C@@]2(CN)[C@@H]3CCN(c4cnc5c(-c6ccc7nc(C)sc7c6Cl)n[nH]c5n4)C[C@@H]32)n1. The lowest BCUT2D eigenvalue weighted by Gasteiger charge is -2.26. The molecule has 3 atom stereocenters. The minimum Gasteiger partial charge on any atom is -0.355 e. The minimum atomic E-state index is 0.0107. The maximum atomic E-state index is 6.76. The highest BCUT2D eigenvalue weighted by Gasteiger charge is 2.67. The summed E-state index contributed by atoms with van der Waals surface area (Å²) in [5.74, 6) is 1.95. The van der Waals surface area contributed by atoms with Crippen LogP contribution in [0.5, 0.6) is 0 Å². The standard InChI is InChI=1S/C24H23ClN8S2/c1-11-9-34-23(28-11)24(10-26)14-5-6-33(8-15(14)24)17-7-27-20-19(31-32-22(20)30-17)13-3-4-16-21(18(13)25)35-12(2)29-16/h3-4,7,9,14-15H,5-6,8,10,26H2,1-2H3,(H,30,31,32)/t14-,15+,24+/m1/s1. The number of H-pyrrole nitrogens is 1. The molecule has 7 rings (SSSR count). The van der Waals surface area contributed by atoms with Crippen molar-refractivity contribution in [2.45, 2.75) is 25.7 Å². The summed E-state index contributed by atoms with van der Waals surface area (Å²) in [7, 11) is 0. The number of thiazole rings is 2. The van der Waals surface area contributed by atoms with Crippen LogP contribution < -0.4 is 10.6 Å². The maximum Gasteiger partial charge on any atom is 0.177 e. The highest BCUT2D eigenvalue weighted by atomic mass is 35.5. The summed E-state index contributed by atoms with van der Waals surface area (Å²) in [6.45, 7) is 6.52. The third kappa shape index (κ3) is 3.10. The molecule has 3 N–H and O–H groups in total. The van der Waals surface area contributed by atoms with Gasteiger partial charge in [0, 0.05) is 41.7 Å². The lowest BCUT2D eigenvalue weighted by atomic mass is 10.0. The first-order valence-corrected chi connectivity index (χ1v) is 13.7. The van der Waals surface area contributed by atoms with Crippen molar-refractivity contribution in [2.24, 2.45) is 17.6 Å². The Bertz CT molecular complexity index is 1610. The Balaban J connectivity index is 1.20. The highest BCUT2D eigenvalue weighted by molar-refractivity contribution is 7.19. The minimum absolute atomic E-state index is 0.0107. The molecule has 8 nitrogen and oxygen atoms in total. The number of aromatic amines is 1. The van der Waals surface area contributed by atoms with Crippen molar-refractivity contribution in [1.82, 2.24) is 30.1 Å². The number of fused-ring (bicyclic) bond motifs is 3. The number of aromatic nitrogens is 6. The van der Waals surface area contributed by atoms with E-state index < -0.39 is 0 Å². The van der Waals surface area contributed by atoms with E-state index in [9.17, 15) is 0 Å². The van der Waals surface area contributed by atoms with E-state index in [4.69, 9.17) is 32.3 Å². The Hall–Kier alpha value is -2.66. The van der Waals surface area contributed by atoms with Gasteiger partial charge in [0.05, 0.1) is 26.4 Å². The number of hydrogen-bond acceptors (Lipinski definition) is 9. The van der Waals surface area contributed by atoms with Crippen molar-refractivity contribution in [3.8, 4) is 11.3 Å². The largest absolute Gasteiger partial charge is 0.355 e. The van der Waals surface area contributed by atoms with E-state index in [-0.39, 0.29) is 5.41 Å². The number of anilines is 1. The molecule has 5 heterocycles. The zero-order chi connectivity index (χ0) is 23.9. The summed E-state index contributed by atoms with van der Waals surface area (Å²) in [5.41, 5.74) is 11.2. The number of piperidine rings is 1. The molecule has 35 heavy (non-hydrogen) atoms. The average molecular weight is 523 g/mol. The fourth-order valence-corrected chi connectivity index (χ4v) is 8.21. The van der Waals surface area contributed by atoms with Gasteiger partial charge in [-0.25, -0.2) is 19.9 Å². The van der Waals surface area contributed by atoms with E-state index in [2.05, 4.69) is 32.4 Å². The lowest BCUT2D eigenvalue weighted by Crippen LogP contribution is -2.32. The van der Waals surface area contributed by atoms with E-state index in [1.165, 1.54) is 5.01 Å². The molecule has 1 saturated heterocycles. The number of benzene rings is 1. The van der Waals surface area contributed by atoms with Crippen molar-refractivity contribution >= 4 is 61.5 Å². The summed E-state index contributed by atoms with van der Waals surface area (Å²) >= 11 is 10.1. The van der Waals surface area contributed by atoms with Crippen molar-refractivity contribution in [3.63, 3.8) is 0 Å². The first-order valence-electron chi connectivity index (χ1n) is 11.6. The van der Waals surface area contributed by atoms with Crippen LogP contribution in [0.15, 0.2) is 23.7 Å². The molecule has 1 aliphatic heterocycles. The van der Waals surface area contributed by atoms with Gasteiger partial charge in [-0.15, -0.1) is 22.7 Å². The quantitative estimate of drug-likeness (QED) is 0.351. The van der Waals surface area contributed by atoms with Crippen LogP contribution in [0.3, 0.4) is 0 Å². The third-order valence-electron chi connectivity index (χ3n) is 7.62. The maximum absolute atomic E-state index is 6.76. The van der Waals surface area contributed by atoms with Crippen molar-refractivity contribution < 1.29 is 0 Å². The van der Waals surface area contributed by atoms with Gasteiger partial charge < -0.3 is 10.6 Å². The number of nitrogens with zero attached hydrogens (tertiary/aromatic N) is 6. The zero-order valence-electron chi connectivity index (χ0n) is 19.2. The molecule has 0 unspecified atom stereocenters. The highest BCUT2D eigenvalue weighted by Crippen LogP contribution is 2.63. The van der Waals surface area contributed by atoms with Gasteiger partial charge in [-0.2, -0.15) is 5.10 Å². The Morgan fingerprint density at radius 1 is 1.23 bits per heavy atom. The van der Waals surface area contributed by atoms with E-state index in [0.29, 0.717) is 40.3 Å². The van der Waals surface area contributed by atoms with E-state index in [1.807, 2.05) is 25.3 Å². The molecular weight excluding hydrogens is 500 g/mol. The molecule has 2 aliphatic rings. The Labute approximate surface area is 214 Å². The second-order valence-corrected chi connectivity index (χ2v) is 11.9. The summed E-state index contributed by atoms with van der Waals surface area (Å²) < 4.78 is 0.966. The van der Waals surface area contributed by atoms with Crippen molar-refractivity contribution in [2.75, 3.05) is 24.5 Å². The molecule has 1 aromatic carbocycles. The van der Waals surface area contributed by atoms with E-state index in [0.717, 1.165) is 51.8 Å². The topological polar surface area (TPSA) is 110 Å². The average Bonchev–Trinajstić information content (AvgIpc) is 3.24. The van der Waals surface area contributed by atoms with Crippen LogP contribution in [-0.2, 0) is 5.41 Å². The van der Waals surface area contributed by atoms with Crippen LogP contribution in [-0.4, -0.2) is 49.8 Å². The lowest BCUT2D eigenvalue weighted by molar-refractivity contribution is 0.545. The number of halogens is 1. The van der Waals surface area contributed by atoms with Crippen LogP contribution in [0, 0.1) is 25.7 Å². The third-order valence-corrected chi connectivity index (χ3v) is 10.3. The first kappa shape index (κ1) is 21.6. The molecule has 1 aliphatic carbocycles. The summed E-state index contributed by atoms with van der Waals surface area (Å²) in [6, 6.07) is 3.94. The van der Waals surface area contributed by atoms with Gasteiger partial charge in [0.15, 0.2) is 5.65 Å². The zero-order valence-corrected chi connectivity index (χ0v) is 21.6. The number of rotatable bonds is 4. The van der Waals surface area contributed by atoms with Gasteiger partial charge in [-0.1, -0.05) is 11.6 Å². The molecular formula is C24H23ClN8S2. The van der Waals surface area contributed by atoms with Crippen LogP contribution in [0.2, 0.25) is 5.02 Å². The predicted octanol–water partition coefficient (Wildman–Crippen LogP) is 4.71. The van der Waals surface area contributed by atoms with Gasteiger partial charge in [0.1, 0.15) is 22.0 Å². The second-order valence-electron chi connectivity index (χ2n) is 9.49. The monoisotopic (exact) mass is 522 g/mol. The van der Waals surface area contributed by atoms with Crippen LogP contribution in [0.1, 0.15) is 22.1 Å². The number of nitrogens with one attached hydrogen (secondary N) is 1. The van der Waals surface area contributed by atoms with E-state index >= 15 is 0 Å². The molecule has 178 valence electrons. The second kappa shape index (κ2) is 7.67. The number of aryl methyl sites for hydroxylation is 2. The molecule has 0 radical (unpaired) electrons. The summed E-state index contributed by atoms with van der Waals surface area (Å²) in [6.07, 6.45) is 2.93. The molecule has 0 bridgehead atoms. The molecule has 5 aromatic rings. The Morgan fingerprint density at radius 2 is 2.11 bits per heavy atom. The molecule has 1 saturated carbocycles. The Kier molecular flexibility index (Phi) is 4.73. The van der Waals surface area contributed by atoms with Gasteiger partial charge in [-0.05, 0) is 44.2 Å². The van der Waals surface area contributed by atoms with Gasteiger partial charge >= 0.3 is 0 Å². The molecule has 0 amide bonds. The van der Waals surface area contributed by atoms with Crippen molar-refractivity contribution in [3.05, 3.63) is 44.4 Å². The molecule has 2 fully saturated rings. The van der Waals surface area contributed by atoms with Crippen molar-refractivity contribution in [1.29, 1.82) is 0 Å². The molecule has 11 heteroatoms. The van der Waals surface area contributed by atoms with E-state index in [1.54, 1.807) is 22.7 Å². The van der Waals surface area contributed by atoms with Crippen LogP contribution in [0.4, 0.5) is 5.82 Å². The summed E-state index contributed by atoms with van der Waals surface area (Å²) in [5, 5.41) is 12.6. The smallest absolute Gasteiger partial charge is 0.177 e. The molecule has 4 aromatic heterocycles. The summed E-state index contributed by atoms with van der Waals surface area (Å²) in [4.78, 5) is 21.3. The first-order chi connectivity index (χ1) is 17.0. The van der Waals surface area contributed by atoms with Crippen LogP contribution >= 0.6 is 34.3 Å². The van der Waals surface area contributed by atoms with Gasteiger partial charge in [0.2, 0.25) is 0 Å². The van der Waals surface area contributed by atoms with Gasteiger partial charge in [0.25, 0.3) is 0 Å². The number of nitrogens with two attached hydrogens (primary N) is 1. The number of hydrogen-bond donors (Lipinski definition) is 2. The normalized spacial score (nSPS) is 23.8. The Morgan fingerprint density at radius 3 is 2.91 bits per heavy atom. The van der Waals surface area contributed by atoms with Crippen LogP contribution in [0.25, 0.3) is 32.6 Å². The van der Waals surface area contributed by atoms with Gasteiger partial charge in [-0.3, -0.25) is 5.10 Å².